The molecule has 3 rings (SSSR count). The van der Waals surface area contributed by atoms with Gasteiger partial charge >= 0.3 is 0 Å². The van der Waals surface area contributed by atoms with E-state index < -0.39 is 0 Å². The Morgan fingerprint density at radius 1 is 1.20 bits per heavy atom. The fourth-order valence-electron chi connectivity index (χ4n) is 2.24. The zero-order chi connectivity index (χ0) is 13.8. The molecule has 0 saturated carbocycles. The summed E-state index contributed by atoms with van der Waals surface area (Å²) in [6.07, 6.45) is 4.43. The van der Waals surface area contributed by atoms with E-state index in [1.54, 1.807) is 17.5 Å². The summed E-state index contributed by atoms with van der Waals surface area (Å²) in [4.78, 5) is 4.70. The smallest absolute Gasteiger partial charge is 0.0957 e. The van der Waals surface area contributed by atoms with Crippen LogP contribution in [0, 0.1) is 0 Å². The first kappa shape index (κ1) is 13.1. The van der Waals surface area contributed by atoms with Gasteiger partial charge in [0.05, 0.1) is 21.4 Å². The molecule has 0 fully saturated rings. The van der Waals surface area contributed by atoms with Crippen LogP contribution in [0.4, 0.5) is 0 Å². The zero-order valence-electron chi connectivity index (χ0n) is 11.3. The van der Waals surface area contributed by atoms with E-state index in [1.165, 1.54) is 4.70 Å². The van der Waals surface area contributed by atoms with Gasteiger partial charge in [0, 0.05) is 18.7 Å². The maximum absolute atomic E-state index is 4.70. The second kappa shape index (κ2) is 6.07. The van der Waals surface area contributed by atoms with Crippen LogP contribution in [0.5, 0.6) is 0 Å². The Morgan fingerprint density at radius 3 is 2.85 bits per heavy atom. The fraction of sp³-hybridized carbons (Fsp3) is 0.267. The van der Waals surface area contributed by atoms with Gasteiger partial charge in [-0.15, -0.1) is 11.3 Å². The summed E-state index contributed by atoms with van der Waals surface area (Å²) in [5.74, 6) is 0. The molecule has 1 atom stereocenters. The molecular weight excluding hydrogens is 268 g/mol. The Balaban J connectivity index is 1.86. The number of fused-ring (bicyclic) bond motifs is 1. The molecule has 0 aliphatic heterocycles. The van der Waals surface area contributed by atoms with Gasteiger partial charge < -0.3 is 5.32 Å². The Morgan fingerprint density at radius 2 is 2.10 bits per heavy atom. The largest absolute Gasteiger partial charge is 0.310 e. The van der Waals surface area contributed by atoms with Gasteiger partial charge in [0.2, 0.25) is 0 Å². The van der Waals surface area contributed by atoms with E-state index in [4.69, 9.17) is 4.98 Å². The molecule has 102 valence electrons. The van der Waals surface area contributed by atoms with Crippen molar-refractivity contribution in [3.63, 3.8) is 0 Å². The first-order valence-electron chi connectivity index (χ1n) is 6.71. The molecule has 1 N–H and O–H groups in total. The van der Waals surface area contributed by atoms with Crippen LogP contribution >= 0.6 is 11.3 Å². The summed E-state index contributed by atoms with van der Waals surface area (Å²) in [6.45, 7) is 3.03. The van der Waals surface area contributed by atoms with Crippen LogP contribution in [0.1, 0.15) is 23.5 Å². The summed E-state index contributed by atoms with van der Waals surface area (Å²) < 4.78 is 1.24. The first-order chi connectivity index (χ1) is 9.86. The first-order valence-corrected chi connectivity index (χ1v) is 7.53. The van der Waals surface area contributed by atoms with Crippen molar-refractivity contribution in [2.24, 2.45) is 0 Å². The average molecular weight is 284 g/mol. The number of benzene rings is 1. The number of nitrogens with one attached hydrogen (secondary N) is 1. The minimum absolute atomic E-state index is 0.232. The Kier molecular flexibility index (Phi) is 3.99. The van der Waals surface area contributed by atoms with E-state index in [9.17, 15) is 0 Å². The number of aromatic nitrogens is 3. The van der Waals surface area contributed by atoms with E-state index in [2.05, 4.69) is 40.6 Å². The third-order valence-corrected chi connectivity index (χ3v) is 4.24. The summed E-state index contributed by atoms with van der Waals surface area (Å²) in [5, 5.41) is 12.4. The summed E-state index contributed by atoms with van der Waals surface area (Å²) in [5.41, 5.74) is 2.23. The number of hydrogen-bond donors (Lipinski definition) is 1. The molecule has 4 nitrogen and oxygen atoms in total. The second-order valence-electron chi connectivity index (χ2n) is 4.57. The molecule has 0 radical (unpaired) electrons. The number of para-hydroxylation sites is 1. The van der Waals surface area contributed by atoms with Crippen LogP contribution in [0.25, 0.3) is 10.2 Å². The van der Waals surface area contributed by atoms with Crippen LogP contribution in [0.3, 0.4) is 0 Å². The molecule has 2 aromatic heterocycles. The number of likely N-dealkylation sites (N-methyl/N-ethyl adjacent to an activating group) is 1. The van der Waals surface area contributed by atoms with Crippen molar-refractivity contribution in [1.82, 2.24) is 20.5 Å². The van der Waals surface area contributed by atoms with Crippen LogP contribution in [0.15, 0.2) is 42.7 Å². The Bertz CT molecular complexity index is 647. The van der Waals surface area contributed by atoms with Crippen molar-refractivity contribution >= 4 is 21.6 Å². The van der Waals surface area contributed by atoms with Gasteiger partial charge in [0.25, 0.3) is 0 Å². The van der Waals surface area contributed by atoms with Gasteiger partial charge in [0.1, 0.15) is 0 Å². The molecule has 5 heteroatoms. The van der Waals surface area contributed by atoms with Crippen LogP contribution in [0.2, 0.25) is 0 Å². The zero-order valence-corrected chi connectivity index (χ0v) is 12.1. The topological polar surface area (TPSA) is 50.7 Å². The molecule has 2 heterocycles. The monoisotopic (exact) mass is 284 g/mol. The minimum atomic E-state index is 0.232. The normalized spacial score (nSPS) is 12.7. The molecular formula is C15H16N4S. The van der Waals surface area contributed by atoms with Crippen molar-refractivity contribution in [3.8, 4) is 0 Å². The van der Waals surface area contributed by atoms with Gasteiger partial charge in [-0.3, -0.25) is 0 Å². The van der Waals surface area contributed by atoms with Gasteiger partial charge in [0.15, 0.2) is 0 Å². The van der Waals surface area contributed by atoms with Crippen molar-refractivity contribution < 1.29 is 0 Å². The van der Waals surface area contributed by atoms with Crippen LogP contribution in [-0.2, 0) is 6.42 Å². The molecule has 0 aliphatic carbocycles. The van der Waals surface area contributed by atoms with E-state index in [-0.39, 0.29) is 6.04 Å². The van der Waals surface area contributed by atoms with Gasteiger partial charge in [-0.2, -0.15) is 10.2 Å². The van der Waals surface area contributed by atoms with Crippen LogP contribution in [-0.4, -0.2) is 21.7 Å². The van der Waals surface area contributed by atoms with E-state index in [0.717, 1.165) is 29.1 Å². The highest BCUT2D eigenvalue weighted by Crippen LogP contribution is 2.25. The van der Waals surface area contributed by atoms with Crippen LogP contribution < -0.4 is 5.32 Å². The molecule has 0 bridgehead atoms. The summed E-state index contributed by atoms with van der Waals surface area (Å²) in [7, 11) is 0. The number of rotatable bonds is 5. The predicted octanol–water partition coefficient (Wildman–Crippen LogP) is 2.98. The quantitative estimate of drug-likeness (QED) is 0.782. The lowest BCUT2D eigenvalue weighted by atomic mass is 10.1. The third-order valence-electron chi connectivity index (χ3n) is 3.18. The minimum Gasteiger partial charge on any atom is -0.310 e. The molecule has 3 aromatic rings. The Labute approximate surface area is 121 Å². The van der Waals surface area contributed by atoms with E-state index >= 15 is 0 Å². The lowest BCUT2D eigenvalue weighted by molar-refractivity contribution is 0.546. The standard InChI is InChI=1S/C15H16N4S/c1-2-16-13(11-7-8-17-18-10-11)9-15-19-12-5-3-4-6-14(12)20-15/h3-8,10,13,16H,2,9H2,1H3. The average Bonchev–Trinajstić information content (AvgIpc) is 2.90. The maximum atomic E-state index is 4.70. The molecule has 0 spiro atoms. The molecule has 1 aromatic carbocycles. The van der Waals surface area contributed by atoms with Crippen molar-refractivity contribution in [3.05, 3.63) is 53.3 Å². The highest BCUT2D eigenvalue weighted by Gasteiger charge is 2.14. The third kappa shape index (κ3) is 2.84. The van der Waals surface area contributed by atoms with Crippen molar-refractivity contribution in [2.45, 2.75) is 19.4 Å². The predicted molar refractivity (Wildman–Crippen MR) is 81.8 cm³/mol. The Hall–Kier alpha value is -1.85. The van der Waals surface area contributed by atoms with Crippen molar-refractivity contribution in [2.75, 3.05) is 6.54 Å². The highest BCUT2D eigenvalue weighted by atomic mass is 32.1. The number of hydrogen-bond acceptors (Lipinski definition) is 5. The fourth-order valence-corrected chi connectivity index (χ4v) is 3.26. The highest BCUT2D eigenvalue weighted by molar-refractivity contribution is 7.18. The van der Waals surface area contributed by atoms with E-state index in [1.807, 2.05) is 18.3 Å². The molecule has 0 saturated heterocycles. The summed E-state index contributed by atoms with van der Waals surface area (Å²) in [6, 6.07) is 10.5. The van der Waals surface area contributed by atoms with Gasteiger partial charge in [-0.25, -0.2) is 4.98 Å². The maximum Gasteiger partial charge on any atom is 0.0957 e. The van der Waals surface area contributed by atoms with E-state index in [0.29, 0.717) is 0 Å². The van der Waals surface area contributed by atoms with Gasteiger partial charge in [-0.1, -0.05) is 19.1 Å². The molecule has 20 heavy (non-hydrogen) atoms. The molecule has 0 aliphatic rings. The van der Waals surface area contributed by atoms with Gasteiger partial charge in [-0.05, 0) is 30.3 Å². The number of nitrogens with zero attached hydrogens (tertiary/aromatic N) is 3. The molecule has 0 amide bonds. The SMILES string of the molecule is CCNC(Cc1nc2ccccc2s1)c1ccnnc1. The summed E-state index contributed by atoms with van der Waals surface area (Å²) >= 11 is 1.76. The van der Waals surface area contributed by atoms with Crippen molar-refractivity contribution in [1.29, 1.82) is 0 Å². The second-order valence-corrected chi connectivity index (χ2v) is 5.68. The molecule has 1 unspecified atom stereocenters. The number of thiazole rings is 1. The lowest BCUT2D eigenvalue weighted by Gasteiger charge is -2.16. The lowest BCUT2D eigenvalue weighted by Crippen LogP contribution is -2.23.